The molecule has 1 aromatic carbocycles. The minimum absolute atomic E-state index is 0. The van der Waals surface area contributed by atoms with Crippen LogP contribution in [0.3, 0.4) is 0 Å². The Labute approximate surface area is 94.5 Å². The molecule has 0 saturated heterocycles. The summed E-state index contributed by atoms with van der Waals surface area (Å²) in [7, 11) is 1.30. The topological polar surface area (TPSA) is 72.5 Å². The fourth-order valence-electron chi connectivity index (χ4n) is 1.12. The number of nitrogens with two attached hydrogens (primary N) is 1. The van der Waals surface area contributed by atoms with Gasteiger partial charge in [0.2, 0.25) is 0 Å². The van der Waals surface area contributed by atoms with Gasteiger partial charge >= 0.3 is 5.97 Å². The molecule has 0 spiro atoms. The number of methoxy groups -OCH3 is 1. The van der Waals surface area contributed by atoms with Crippen molar-refractivity contribution < 1.29 is 27.0 Å². The lowest BCUT2D eigenvalue weighted by atomic mass is 10.1. The fourth-order valence-corrected chi connectivity index (χ4v) is 1.12. The van der Waals surface area contributed by atoms with Crippen LogP contribution >= 0.6 is 0 Å². The third-order valence-corrected chi connectivity index (χ3v) is 1.90. The zero-order valence-electron chi connectivity index (χ0n) is 8.31. The van der Waals surface area contributed by atoms with Gasteiger partial charge in [0.1, 0.15) is 11.8 Å². The van der Waals surface area contributed by atoms with Crippen LogP contribution in [0.15, 0.2) is 24.3 Å². The van der Waals surface area contributed by atoms with Gasteiger partial charge in [-0.25, -0.2) is 0 Å². The Balaban J connectivity index is 0.00000196. The minimum atomic E-state index is -0.649. The molecule has 0 aliphatic rings. The van der Waals surface area contributed by atoms with Crippen molar-refractivity contribution in [2.75, 3.05) is 7.11 Å². The van der Waals surface area contributed by atoms with E-state index in [0.29, 0.717) is 6.42 Å². The molecule has 84 valence electrons. The first-order valence-corrected chi connectivity index (χ1v) is 4.25. The molecule has 4 nitrogen and oxygen atoms in total. The molecule has 1 atom stereocenters. The largest absolute Gasteiger partial charge is 1.00 e. The SMILES string of the molecule is COC(=O)[C@H](N)Cc1ccc(O)cc1.[Cl-]. The predicted octanol–water partition coefficient (Wildman–Crippen LogP) is -2.56. The number of esters is 1. The number of benzene rings is 1. The highest BCUT2D eigenvalue weighted by Crippen LogP contribution is 2.10. The van der Waals surface area contributed by atoms with Crippen molar-refractivity contribution in [2.24, 2.45) is 5.73 Å². The summed E-state index contributed by atoms with van der Waals surface area (Å²) >= 11 is 0. The van der Waals surface area contributed by atoms with Crippen LogP contribution in [0.1, 0.15) is 5.56 Å². The van der Waals surface area contributed by atoms with Crippen LogP contribution in [0.2, 0.25) is 0 Å². The molecule has 0 fully saturated rings. The van der Waals surface area contributed by atoms with Gasteiger partial charge in [-0.1, -0.05) is 12.1 Å². The van der Waals surface area contributed by atoms with E-state index in [1.54, 1.807) is 24.3 Å². The monoisotopic (exact) mass is 230 g/mol. The van der Waals surface area contributed by atoms with Gasteiger partial charge in [0.25, 0.3) is 0 Å². The number of hydrogen-bond donors (Lipinski definition) is 2. The molecule has 1 rings (SSSR count). The number of aromatic hydroxyl groups is 1. The van der Waals surface area contributed by atoms with Crippen molar-refractivity contribution in [3.63, 3.8) is 0 Å². The van der Waals surface area contributed by atoms with Gasteiger partial charge in [-0.05, 0) is 24.1 Å². The van der Waals surface area contributed by atoms with Gasteiger partial charge in [0.05, 0.1) is 7.11 Å². The first kappa shape index (κ1) is 13.7. The molecule has 0 aliphatic carbocycles. The maximum absolute atomic E-state index is 11.0. The number of phenolic OH excluding ortho intramolecular Hbond substituents is 1. The molecule has 3 N–H and O–H groups in total. The molecule has 0 bridgehead atoms. The number of carbonyl (C=O) groups is 1. The van der Waals surface area contributed by atoms with Crippen molar-refractivity contribution >= 4 is 5.97 Å². The van der Waals surface area contributed by atoms with Crippen LogP contribution in [-0.2, 0) is 16.0 Å². The average molecular weight is 231 g/mol. The number of phenols is 1. The van der Waals surface area contributed by atoms with Crippen molar-refractivity contribution in [3.05, 3.63) is 29.8 Å². The molecule has 0 aliphatic heterocycles. The summed E-state index contributed by atoms with van der Waals surface area (Å²) in [6, 6.07) is 5.90. The predicted molar refractivity (Wildman–Crippen MR) is 51.8 cm³/mol. The normalized spacial score (nSPS) is 11.3. The van der Waals surface area contributed by atoms with E-state index in [-0.39, 0.29) is 18.2 Å². The van der Waals surface area contributed by atoms with Crippen molar-refractivity contribution in [2.45, 2.75) is 12.5 Å². The van der Waals surface area contributed by atoms with E-state index >= 15 is 0 Å². The molecule has 15 heavy (non-hydrogen) atoms. The van der Waals surface area contributed by atoms with E-state index in [9.17, 15) is 4.79 Å². The van der Waals surface area contributed by atoms with Crippen molar-refractivity contribution in [1.82, 2.24) is 0 Å². The number of rotatable bonds is 3. The summed E-state index contributed by atoms with van der Waals surface area (Å²) in [5.41, 5.74) is 6.45. The Morgan fingerprint density at radius 1 is 1.47 bits per heavy atom. The number of carbonyl (C=O) groups excluding carboxylic acids is 1. The summed E-state index contributed by atoms with van der Waals surface area (Å²) in [6.45, 7) is 0. The van der Waals surface area contributed by atoms with E-state index < -0.39 is 12.0 Å². The maximum Gasteiger partial charge on any atom is 0.322 e. The Kier molecular flexibility index (Phi) is 5.74. The number of ether oxygens (including phenoxy) is 1. The van der Waals surface area contributed by atoms with Crippen LogP contribution in [0.5, 0.6) is 5.75 Å². The van der Waals surface area contributed by atoms with E-state index in [4.69, 9.17) is 10.8 Å². The van der Waals surface area contributed by atoms with Gasteiger partial charge in [-0.2, -0.15) is 0 Å². The highest BCUT2D eigenvalue weighted by Gasteiger charge is 2.13. The van der Waals surface area contributed by atoms with Gasteiger partial charge in [-0.15, -0.1) is 0 Å². The quantitative estimate of drug-likeness (QED) is 0.561. The molecule has 0 amide bonds. The van der Waals surface area contributed by atoms with E-state index in [2.05, 4.69) is 4.74 Å². The molecule has 0 saturated carbocycles. The smallest absolute Gasteiger partial charge is 0.322 e. The van der Waals surface area contributed by atoms with Crippen LogP contribution in [-0.4, -0.2) is 24.2 Å². The second-order valence-electron chi connectivity index (χ2n) is 3.00. The van der Waals surface area contributed by atoms with Crippen LogP contribution in [0.4, 0.5) is 0 Å². The number of hydrogen-bond acceptors (Lipinski definition) is 4. The Morgan fingerprint density at radius 3 is 2.47 bits per heavy atom. The second-order valence-corrected chi connectivity index (χ2v) is 3.00. The molecule has 0 aromatic heterocycles. The Hall–Kier alpha value is -1.26. The lowest BCUT2D eigenvalue weighted by Crippen LogP contribution is -3.00. The lowest BCUT2D eigenvalue weighted by Gasteiger charge is -2.08. The Bertz CT molecular complexity index is 313. The van der Waals surface area contributed by atoms with Gasteiger partial charge in [0.15, 0.2) is 0 Å². The van der Waals surface area contributed by atoms with Gasteiger partial charge in [0, 0.05) is 0 Å². The zero-order chi connectivity index (χ0) is 10.6. The van der Waals surface area contributed by atoms with Crippen LogP contribution in [0, 0.1) is 0 Å². The van der Waals surface area contributed by atoms with Gasteiger partial charge < -0.3 is 28.0 Å². The summed E-state index contributed by atoms with van der Waals surface area (Å²) < 4.78 is 4.49. The Morgan fingerprint density at radius 2 is 2.00 bits per heavy atom. The molecule has 0 heterocycles. The van der Waals surface area contributed by atoms with Crippen LogP contribution in [0.25, 0.3) is 0 Å². The fraction of sp³-hybridized carbons (Fsp3) is 0.300. The first-order valence-electron chi connectivity index (χ1n) is 4.25. The first-order chi connectivity index (χ1) is 6.63. The summed E-state index contributed by atoms with van der Waals surface area (Å²) in [5.74, 6) is -0.238. The van der Waals surface area contributed by atoms with Crippen molar-refractivity contribution in [1.29, 1.82) is 0 Å². The molecule has 5 heteroatoms. The highest BCUT2D eigenvalue weighted by molar-refractivity contribution is 5.75. The third-order valence-electron chi connectivity index (χ3n) is 1.90. The van der Waals surface area contributed by atoms with E-state index in [1.165, 1.54) is 7.11 Å². The van der Waals surface area contributed by atoms with Crippen LogP contribution < -0.4 is 18.1 Å². The molecular formula is C10H13ClNO3-. The molecule has 0 radical (unpaired) electrons. The zero-order valence-corrected chi connectivity index (χ0v) is 9.07. The minimum Gasteiger partial charge on any atom is -1.00 e. The second kappa shape index (κ2) is 6.27. The molecular weight excluding hydrogens is 218 g/mol. The number of halogens is 1. The molecule has 0 unspecified atom stereocenters. The summed E-state index contributed by atoms with van der Waals surface area (Å²) in [4.78, 5) is 11.0. The van der Waals surface area contributed by atoms with E-state index in [1.807, 2.05) is 0 Å². The average Bonchev–Trinajstić information content (AvgIpc) is 2.20. The standard InChI is InChI=1S/C10H13NO3.ClH/c1-14-10(13)9(11)6-7-2-4-8(12)5-3-7;/h2-5,9,12H,6,11H2,1H3;1H/p-1/t9-;/m1./s1. The molecule has 1 aromatic rings. The summed E-state index contributed by atoms with van der Waals surface area (Å²) in [6.07, 6.45) is 0.410. The van der Waals surface area contributed by atoms with Crippen molar-refractivity contribution in [3.8, 4) is 5.75 Å². The van der Waals surface area contributed by atoms with E-state index in [0.717, 1.165) is 5.56 Å². The highest BCUT2D eigenvalue weighted by atomic mass is 35.5. The third kappa shape index (κ3) is 4.18. The lowest BCUT2D eigenvalue weighted by molar-refractivity contribution is -0.142. The maximum atomic E-state index is 11.0. The summed E-state index contributed by atoms with van der Waals surface area (Å²) in [5, 5.41) is 9.02. The van der Waals surface area contributed by atoms with Gasteiger partial charge in [-0.3, -0.25) is 4.79 Å².